The largest absolute Gasteiger partial charge is 0.335 e. The Kier molecular flexibility index (Phi) is 4.60. The second kappa shape index (κ2) is 7.04. The number of rotatable bonds is 3. The quantitative estimate of drug-likeness (QED) is 0.656. The molecule has 26 heavy (non-hydrogen) atoms. The average Bonchev–Trinajstić information content (AvgIpc) is 3.11. The lowest BCUT2D eigenvalue weighted by molar-refractivity contribution is -0.131. The summed E-state index contributed by atoms with van der Waals surface area (Å²) in [5, 5.41) is 2.41. The van der Waals surface area contributed by atoms with E-state index in [4.69, 9.17) is 11.6 Å². The molecule has 1 saturated heterocycles. The van der Waals surface area contributed by atoms with Crippen molar-refractivity contribution in [1.29, 1.82) is 0 Å². The van der Waals surface area contributed by atoms with Crippen molar-refractivity contribution in [2.24, 2.45) is 0 Å². The van der Waals surface area contributed by atoms with Gasteiger partial charge in [0.2, 0.25) is 5.91 Å². The molecule has 2 heterocycles. The van der Waals surface area contributed by atoms with E-state index in [0.717, 1.165) is 29.2 Å². The van der Waals surface area contributed by atoms with E-state index in [1.54, 1.807) is 29.4 Å². The molecule has 2 aromatic carbocycles. The number of pyridine rings is 1. The van der Waals surface area contributed by atoms with E-state index in [9.17, 15) is 9.18 Å². The lowest BCUT2D eigenvalue weighted by Gasteiger charge is -2.26. The lowest BCUT2D eigenvalue weighted by atomic mass is 10.0. The average molecular weight is 369 g/mol. The molecule has 0 spiro atoms. The smallest absolute Gasteiger partial charge is 0.227 e. The number of carbonyl (C=O) groups is 1. The molecule has 1 fully saturated rings. The molecule has 0 saturated carbocycles. The van der Waals surface area contributed by atoms with Crippen LogP contribution in [-0.4, -0.2) is 22.3 Å². The molecular weight excluding hydrogens is 351 g/mol. The highest BCUT2D eigenvalue weighted by molar-refractivity contribution is 6.31. The molecule has 0 radical (unpaired) electrons. The van der Waals surface area contributed by atoms with Crippen molar-refractivity contribution in [1.82, 2.24) is 9.88 Å². The first kappa shape index (κ1) is 17.0. The molecule has 0 bridgehead atoms. The second-order valence-corrected chi connectivity index (χ2v) is 6.98. The van der Waals surface area contributed by atoms with Crippen molar-refractivity contribution >= 4 is 28.3 Å². The Hall–Kier alpha value is -2.46. The van der Waals surface area contributed by atoms with Gasteiger partial charge < -0.3 is 4.90 Å². The Morgan fingerprint density at radius 3 is 2.88 bits per heavy atom. The lowest BCUT2D eigenvalue weighted by Crippen LogP contribution is -2.32. The van der Waals surface area contributed by atoms with Gasteiger partial charge in [-0.3, -0.25) is 9.78 Å². The van der Waals surface area contributed by atoms with Gasteiger partial charge in [0, 0.05) is 34.9 Å². The summed E-state index contributed by atoms with van der Waals surface area (Å²) in [6.07, 6.45) is 5.34. The predicted molar refractivity (Wildman–Crippen MR) is 101 cm³/mol. The Bertz CT molecular complexity index is 950. The highest BCUT2D eigenvalue weighted by atomic mass is 35.5. The van der Waals surface area contributed by atoms with Crippen LogP contribution in [0.4, 0.5) is 4.39 Å². The van der Waals surface area contributed by atoms with Crippen LogP contribution in [0.1, 0.15) is 30.0 Å². The zero-order chi connectivity index (χ0) is 18.1. The van der Waals surface area contributed by atoms with Crippen LogP contribution in [0.3, 0.4) is 0 Å². The zero-order valence-corrected chi connectivity index (χ0v) is 14.9. The minimum atomic E-state index is -0.353. The Balaban J connectivity index is 1.63. The first-order chi connectivity index (χ1) is 12.6. The van der Waals surface area contributed by atoms with Gasteiger partial charge in [-0.25, -0.2) is 4.39 Å². The summed E-state index contributed by atoms with van der Waals surface area (Å²) in [7, 11) is 0. The van der Waals surface area contributed by atoms with Crippen LogP contribution in [0.2, 0.25) is 5.02 Å². The predicted octanol–water partition coefficient (Wildman–Crippen LogP) is 4.93. The number of hydrogen-bond donors (Lipinski definition) is 0. The topological polar surface area (TPSA) is 33.2 Å². The van der Waals surface area contributed by atoms with Crippen molar-refractivity contribution in [3.63, 3.8) is 0 Å². The number of carbonyl (C=O) groups excluding carboxylic acids is 1. The fraction of sp³-hybridized carbons (Fsp3) is 0.238. The highest BCUT2D eigenvalue weighted by Gasteiger charge is 2.33. The molecule has 3 aromatic rings. The number of likely N-dealkylation sites (tertiary alicyclic amines) is 1. The molecule has 1 aliphatic heterocycles. The summed E-state index contributed by atoms with van der Waals surface area (Å²) in [6.45, 7) is 0.617. The molecule has 4 rings (SSSR count). The summed E-state index contributed by atoms with van der Waals surface area (Å²) >= 11 is 6.23. The van der Waals surface area contributed by atoms with E-state index in [1.165, 1.54) is 6.07 Å². The maximum Gasteiger partial charge on any atom is 0.227 e. The molecule has 3 nitrogen and oxygen atoms in total. The first-order valence-corrected chi connectivity index (χ1v) is 9.08. The van der Waals surface area contributed by atoms with Gasteiger partial charge >= 0.3 is 0 Å². The monoisotopic (exact) mass is 368 g/mol. The van der Waals surface area contributed by atoms with Crippen molar-refractivity contribution < 1.29 is 9.18 Å². The van der Waals surface area contributed by atoms with Crippen molar-refractivity contribution in [2.75, 3.05) is 6.54 Å². The number of aromatic nitrogens is 1. The standard InChI is InChI=1S/C21H18ClFN2O/c22-17-7-3-8-18(23)21(17)19-9-4-10-25(19)20(26)11-15-13-24-12-14-5-1-2-6-16(14)15/h1-3,5-8,12-13,19H,4,9-11H2. The van der Waals surface area contributed by atoms with E-state index in [1.807, 2.05) is 24.3 Å². The van der Waals surface area contributed by atoms with Gasteiger partial charge in [-0.05, 0) is 35.9 Å². The van der Waals surface area contributed by atoms with Gasteiger partial charge in [0.15, 0.2) is 0 Å². The number of amides is 1. The van der Waals surface area contributed by atoms with Gasteiger partial charge in [0.05, 0.1) is 12.5 Å². The Labute approximate surface area is 156 Å². The van der Waals surface area contributed by atoms with E-state index < -0.39 is 0 Å². The third kappa shape index (κ3) is 3.06. The molecule has 0 N–H and O–H groups in total. The van der Waals surface area contributed by atoms with Crippen LogP contribution in [-0.2, 0) is 11.2 Å². The fourth-order valence-electron chi connectivity index (χ4n) is 3.78. The highest BCUT2D eigenvalue weighted by Crippen LogP contribution is 2.37. The Morgan fingerprint density at radius 1 is 1.19 bits per heavy atom. The number of benzene rings is 2. The van der Waals surface area contributed by atoms with Crippen LogP contribution in [0.5, 0.6) is 0 Å². The van der Waals surface area contributed by atoms with Crippen molar-refractivity contribution in [3.8, 4) is 0 Å². The Morgan fingerprint density at radius 2 is 2.04 bits per heavy atom. The fourth-order valence-corrected chi connectivity index (χ4v) is 4.07. The molecule has 1 aliphatic rings. The first-order valence-electron chi connectivity index (χ1n) is 8.70. The normalized spacial score (nSPS) is 17.0. The number of halogens is 2. The van der Waals surface area contributed by atoms with E-state index >= 15 is 0 Å². The van der Waals surface area contributed by atoms with E-state index in [2.05, 4.69) is 4.98 Å². The summed E-state index contributed by atoms with van der Waals surface area (Å²) in [5.41, 5.74) is 1.31. The molecule has 1 unspecified atom stereocenters. The maximum atomic E-state index is 14.3. The summed E-state index contributed by atoms with van der Waals surface area (Å²) in [5.74, 6) is -0.376. The minimum absolute atomic E-state index is 0.0232. The SMILES string of the molecule is O=C(Cc1cncc2ccccc12)N1CCCC1c1c(F)cccc1Cl. The van der Waals surface area contributed by atoms with E-state index in [0.29, 0.717) is 17.1 Å². The van der Waals surface area contributed by atoms with Crippen LogP contribution in [0, 0.1) is 5.82 Å². The molecule has 0 aliphatic carbocycles. The molecular formula is C21H18ClFN2O. The molecule has 5 heteroatoms. The van der Waals surface area contributed by atoms with E-state index in [-0.39, 0.29) is 24.2 Å². The van der Waals surface area contributed by atoms with Crippen molar-refractivity contribution in [2.45, 2.75) is 25.3 Å². The minimum Gasteiger partial charge on any atom is -0.335 e. The number of fused-ring (bicyclic) bond motifs is 1. The maximum absolute atomic E-state index is 14.3. The van der Waals surface area contributed by atoms with Gasteiger partial charge in [-0.2, -0.15) is 0 Å². The van der Waals surface area contributed by atoms with Crippen LogP contribution >= 0.6 is 11.6 Å². The summed E-state index contributed by atoms with van der Waals surface area (Å²) in [4.78, 5) is 19.0. The summed E-state index contributed by atoms with van der Waals surface area (Å²) < 4.78 is 14.3. The third-order valence-corrected chi connectivity index (χ3v) is 5.33. The van der Waals surface area contributed by atoms with Gasteiger partial charge in [-0.1, -0.05) is 41.9 Å². The van der Waals surface area contributed by atoms with Gasteiger partial charge in [-0.15, -0.1) is 0 Å². The number of hydrogen-bond acceptors (Lipinski definition) is 2. The third-order valence-electron chi connectivity index (χ3n) is 5.00. The van der Waals surface area contributed by atoms with Gasteiger partial charge in [0.25, 0.3) is 0 Å². The van der Waals surface area contributed by atoms with Crippen LogP contribution in [0.25, 0.3) is 10.8 Å². The molecule has 1 atom stereocenters. The van der Waals surface area contributed by atoms with Crippen molar-refractivity contribution in [3.05, 3.63) is 76.8 Å². The summed E-state index contributed by atoms with van der Waals surface area (Å²) in [6, 6.07) is 12.2. The van der Waals surface area contributed by atoms with Gasteiger partial charge in [0.1, 0.15) is 5.82 Å². The molecule has 1 aromatic heterocycles. The second-order valence-electron chi connectivity index (χ2n) is 6.58. The number of nitrogens with zero attached hydrogens (tertiary/aromatic N) is 2. The molecule has 132 valence electrons. The molecule has 1 amide bonds. The van der Waals surface area contributed by atoms with Crippen LogP contribution in [0.15, 0.2) is 54.9 Å². The van der Waals surface area contributed by atoms with Crippen LogP contribution < -0.4 is 0 Å². The zero-order valence-electron chi connectivity index (χ0n) is 14.2.